The number of allylic oxidation sites excluding steroid dienone is 1. The summed E-state index contributed by atoms with van der Waals surface area (Å²) >= 11 is 0. The van der Waals surface area contributed by atoms with Crippen molar-refractivity contribution in [1.29, 1.82) is 0 Å². The van der Waals surface area contributed by atoms with Crippen molar-refractivity contribution in [2.75, 3.05) is 20.8 Å². The topological polar surface area (TPSA) is 38.7 Å². The van der Waals surface area contributed by atoms with Gasteiger partial charge >= 0.3 is 0 Å². The van der Waals surface area contributed by atoms with Crippen LogP contribution in [0.4, 0.5) is 0 Å². The highest BCUT2D eigenvalue weighted by molar-refractivity contribution is 4.80. The molecule has 0 aliphatic rings. The molecule has 0 aliphatic heterocycles. The molecule has 0 fully saturated rings. The zero-order valence-electron chi connectivity index (χ0n) is 7.12. The van der Waals surface area contributed by atoms with E-state index in [0.29, 0.717) is 0 Å². The normalized spacial score (nSPS) is 11.6. The fourth-order valence-electron chi connectivity index (χ4n) is 0.757. The van der Waals surface area contributed by atoms with E-state index < -0.39 is 0 Å². The summed E-state index contributed by atoms with van der Waals surface area (Å²) in [5.74, 6) is 0. The summed E-state index contributed by atoms with van der Waals surface area (Å²) < 4.78 is 9.92. The Hall–Kier alpha value is -0.380. The molecule has 0 amide bonds. The Kier molecular flexibility index (Phi) is 7.46. The highest BCUT2D eigenvalue weighted by Crippen LogP contribution is 2.01. The van der Waals surface area contributed by atoms with Gasteiger partial charge in [0.1, 0.15) is 0 Å². The standard InChI is InChI=1S/C8H16O3/c1-10-8(11-2)6-4-3-5-7-9/h3,5,8-9H,4,6-7H2,1-2H3. The van der Waals surface area contributed by atoms with Crippen molar-refractivity contribution in [3.05, 3.63) is 12.2 Å². The van der Waals surface area contributed by atoms with E-state index in [-0.39, 0.29) is 12.9 Å². The van der Waals surface area contributed by atoms with Crippen molar-refractivity contribution < 1.29 is 14.6 Å². The molecule has 0 saturated carbocycles. The summed E-state index contributed by atoms with van der Waals surface area (Å²) in [6.07, 6.45) is 5.18. The van der Waals surface area contributed by atoms with Crippen LogP contribution in [-0.4, -0.2) is 32.2 Å². The van der Waals surface area contributed by atoms with Crippen molar-refractivity contribution in [2.45, 2.75) is 19.1 Å². The molecule has 3 heteroatoms. The fraction of sp³-hybridized carbons (Fsp3) is 0.750. The van der Waals surface area contributed by atoms with Gasteiger partial charge in [0.15, 0.2) is 6.29 Å². The van der Waals surface area contributed by atoms with E-state index in [4.69, 9.17) is 14.6 Å². The molecule has 0 spiro atoms. The van der Waals surface area contributed by atoms with E-state index in [2.05, 4.69) is 0 Å². The lowest BCUT2D eigenvalue weighted by Gasteiger charge is -2.10. The first-order valence-corrected chi connectivity index (χ1v) is 3.66. The van der Waals surface area contributed by atoms with Crippen LogP contribution < -0.4 is 0 Å². The summed E-state index contributed by atoms with van der Waals surface area (Å²) in [7, 11) is 3.23. The molecule has 0 heterocycles. The second-order valence-corrected chi connectivity index (χ2v) is 2.13. The number of rotatable bonds is 6. The summed E-state index contributed by atoms with van der Waals surface area (Å²) in [6, 6.07) is 0. The smallest absolute Gasteiger partial charge is 0.157 e. The Morgan fingerprint density at radius 1 is 1.27 bits per heavy atom. The molecule has 0 aromatic carbocycles. The Morgan fingerprint density at radius 2 is 1.91 bits per heavy atom. The fourth-order valence-corrected chi connectivity index (χ4v) is 0.757. The van der Waals surface area contributed by atoms with Gasteiger partial charge in [-0.3, -0.25) is 0 Å². The van der Waals surface area contributed by atoms with Crippen molar-refractivity contribution >= 4 is 0 Å². The van der Waals surface area contributed by atoms with Gasteiger partial charge in [0.05, 0.1) is 6.61 Å². The van der Waals surface area contributed by atoms with Gasteiger partial charge < -0.3 is 14.6 Å². The Labute approximate surface area is 67.6 Å². The zero-order valence-corrected chi connectivity index (χ0v) is 7.12. The van der Waals surface area contributed by atoms with Gasteiger partial charge in [-0.1, -0.05) is 12.2 Å². The minimum Gasteiger partial charge on any atom is -0.392 e. The van der Waals surface area contributed by atoms with Crippen LogP contribution in [0, 0.1) is 0 Å². The minimum atomic E-state index is -0.127. The molecule has 0 saturated heterocycles. The van der Waals surface area contributed by atoms with Crippen molar-refractivity contribution in [2.24, 2.45) is 0 Å². The number of hydrogen-bond acceptors (Lipinski definition) is 3. The summed E-state index contributed by atoms with van der Waals surface area (Å²) in [4.78, 5) is 0. The van der Waals surface area contributed by atoms with E-state index in [9.17, 15) is 0 Å². The van der Waals surface area contributed by atoms with Gasteiger partial charge in [0.25, 0.3) is 0 Å². The van der Waals surface area contributed by atoms with Gasteiger partial charge in [0.2, 0.25) is 0 Å². The van der Waals surface area contributed by atoms with Crippen LogP contribution in [-0.2, 0) is 9.47 Å². The largest absolute Gasteiger partial charge is 0.392 e. The molecule has 0 bridgehead atoms. The number of methoxy groups -OCH3 is 2. The maximum atomic E-state index is 8.40. The third kappa shape index (κ3) is 6.04. The molecule has 0 unspecified atom stereocenters. The third-order valence-corrected chi connectivity index (χ3v) is 1.37. The van der Waals surface area contributed by atoms with Gasteiger partial charge in [0, 0.05) is 20.6 Å². The summed E-state index contributed by atoms with van der Waals surface area (Å²) in [5.41, 5.74) is 0. The third-order valence-electron chi connectivity index (χ3n) is 1.37. The number of aliphatic hydroxyl groups excluding tert-OH is 1. The minimum absolute atomic E-state index is 0.102. The number of ether oxygens (including phenoxy) is 2. The quantitative estimate of drug-likeness (QED) is 0.464. The van der Waals surface area contributed by atoms with Crippen LogP contribution in [0.5, 0.6) is 0 Å². The number of aliphatic hydroxyl groups is 1. The summed E-state index contributed by atoms with van der Waals surface area (Å²) in [5, 5.41) is 8.40. The first kappa shape index (κ1) is 10.6. The molecule has 0 aromatic heterocycles. The number of hydrogen-bond donors (Lipinski definition) is 1. The monoisotopic (exact) mass is 160 g/mol. The highest BCUT2D eigenvalue weighted by atomic mass is 16.7. The van der Waals surface area contributed by atoms with E-state index >= 15 is 0 Å². The van der Waals surface area contributed by atoms with Gasteiger partial charge in [-0.05, 0) is 6.42 Å². The first-order valence-electron chi connectivity index (χ1n) is 3.66. The van der Waals surface area contributed by atoms with Crippen molar-refractivity contribution in [3.63, 3.8) is 0 Å². The van der Waals surface area contributed by atoms with E-state index in [1.807, 2.05) is 6.08 Å². The maximum Gasteiger partial charge on any atom is 0.157 e. The van der Waals surface area contributed by atoms with Crippen molar-refractivity contribution in [1.82, 2.24) is 0 Å². The lowest BCUT2D eigenvalue weighted by atomic mass is 10.3. The van der Waals surface area contributed by atoms with Crippen LogP contribution in [0.1, 0.15) is 12.8 Å². The van der Waals surface area contributed by atoms with Gasteiger partial charge in [-0.15, -0.1) is 0 Å². The van der Waals surface area contributed by atoms with E-state index in [0.717, 1.165) is 12.8 Å². The second-order valence-electron chi connectivity index (χ2n) is 2.13. The van der Waals surface area contributed by atoms with Gasteiger partial charge in [-0.25, -0.2) is 0 Å². The lowest BCUT2D eigenvalue weighted by molar-refractivity contribution is -0.105. The molecule has 0 atom stereocenters. The Balaban J connectivity index is 3.27. The molecule has 0 radical (unpaired) electrons. The second kappa shape index (κ2) is 7.72. The SMILES string of the molecule is COC(CCC=CCO)OC. The highest BCUT2D eigenvalue weighted by Gasteiger charge is 2.01. The van der Waals surface area contributed by atoms with Crippen LogP contribution >= 0.6 is 0 Å². The molecular weight excluding hydrogens is 144 g/mol. The van der Waals surface area contributed by atoms with Crippen LogP contribution in [0.3, 0.4) is 0 Å². The molecule has 0 rings (SSSR count). The van der Waals surface area contributed by atoms with E-state index in [1.54, 1.807) is 20.3 Å². The van der Waals surface area contributed by atoms with Gasteiger partial charge in [-0.2, -0.15) is 0 Å². The summed E-state index contributed by atoms with van der Waals surface area (Å²) in [6.45, 7) is 0.102. The molecule has 1 N–H and O–H groups in total. The predicted octanol–water partition coefficient (Wildman–Crippen LogP) is 0.934. The molecule has 66 valence electrons. The molecule has 0 aliphatic carbocycles. The average Bonchev–Trinajstić information content (AvgIpc) is 2.05. The Bertz CT molecular complexity index is 97.5. The average molecular weight is 160 g/mol. The first-order chi connectivity index (χ1) is 5.35. The zero-order chi connectivity index (χ0) is 8.53. The molecule has 3 nitrogen and oxygen atoms in total. The van der Waals surface area contributed by atoms with Crippen LogP contribution in [0.25, 0.3) is 0 Å². The Morgan fingerprint density at radius 3 is 2.36 bits per heavy atom. The van der Waals surface area contributed by atoms with Crippen molar-refractivity contribution in [3.8, 4) is 0 Å². The van der Waals surface area contributed by atoms with Crippen LogP contribution in [0.15, 0.2) is 12.2 Å². The molecule has 0 aromatic rings. The predicted molar refractivity (Wildman–Crippen MR) is 43.3 cm³/mol. The maximum absolute atomic E-state index is 8.40. The van der Waals surface area contributed by atoms with E-state index in [1.165, 1.54) is 0 Å². The molecular formula is C8H16O3. The molecule has 11 heavy (non-hydrogen) atoms. The van der Waals surface area contributed by atoms with Crippen LogP contribution in [0.2, 0.25) is 0 Å². The lowest BCUT2D eigenvalue weighted by Crippen LogP contribution is -2.11.